The first kappa shape index (κ1) is 31.7. The molecule has 0 unspecified atom stereocenters. The van der Waals surface area contributed by atoms with Crippen molar-refractivity contribution in [1.82, 2.24) is 14.5 Å². The van der Waals surface area contributed by atoms with Crippen molar-refractivity contribution in [3.63, 3.8) is 0 Å². The number of aromatic amines is 1. The number of nitrogens with one attached hydrogen (secondary N) is 1. The summed E-state index contributed by atoms with van der Waals surface area (Å²) in [5.41, 5.74) is -0.704. The second-order valence-electron chi connectivity index (χ2n) is 9.97. The number of carbonyl (C=O) groups excluding carboxylic acids is 4. The molecule has 2 aliphatic heterocycles. The molecule has 0 aromatic heterocycles. The summed E-state index contributed by atoms with van der Waals surface area (Å²) in [7, 11) is 0. The molecule has 15 nitrogen and oxygen atoms in total. The highest BCUT2D eigenvalue weighted by molar-refractivity contribution is 5.78. The lowest BCUT2D eigenvalue weighted by Crippen LogP contribution is -2.50. The van der Waals surface area contributed by atoms with E-state index in [1.807, 2.05) is 18.8 Å². The van der Waals surface area contributed by atoms with Crippen LogP contribution >= 0.6 is 0 Å². The molecule has 0 saturated carbocycles. The number of ether oxygens (including phenoxy) is 4. The van der Waals surface area contributed by atoms with Crippen LogP contribution in [0.3, 0.4) is 0 Å². The summed E-state index contributed by atoms with van der Waals surface area (Å²) in [4.78, 5) is 78.9. The summed E-state index contributed by atoms with van der Waals surface area (Å²) < 4.78 is 23.0. The number of carbonyl (C=O) groups is 4. The number of esters is 4. The number of aromatic nitrogens is 4. The van der Waals surface area contributed by atoms with Crippen molar-refractivity contribution in [2.75, 3.05) is 6.61 Å². The van der Waals surface area contributed by atoms with E-state index < -0.39 is 72.3 Å². The quantitative estimate of drug-likeness (QED) is 0.114. The summed E-state index contributed by atoms with van der Waals surface area (Å²) in [6.07, 6.45) is -4.45. The predicted molar refractivity (Wildman–Crippen MR) is 144 cm³/mol. The first-order valence-electron chi connectivity index (χ1n) is 13.0. The van der Waals surface area contributed by atoms with Gasteiger partial charge in [0.25, 0.3) is 0 Å². The number of fused-ring (bicyclic) bond motifs is 2. The molecular formula is C27H32N4O11. The van der Waals surface area contributed by atoms with Crippen LogP contribution in [0.1, 0.15) is 58.6 Å². The van der Waals surface area contributed by atoms with E-state index >= 15 is 0 Å². The van der Waals surface area contributed by atoms with Crippen LogP contribution in [-0.4, -0.2) is 63.3 Å². The predicted octanol–water partition coefficient (Wildman–Crippen LogP) is 0.613. The van der Waals surface area contributed by atoms with Crippen molar-refractivity contribution < 1.29 is 42.9 Å². The highest BCUT2D eigenvalue weighted by Crippen LogP contribution is 2.28. The Morgan fingerprint density at radius 2 is 1.55 bits per heavy atom. The molecule has 3 atom stereocenters. The Bertz CT molecular complexity index is 1620. The van der Waals surface area contributed by atoms with Gasteiger partial charge in [0.2, 0.25) is 11.3 Å². The van der Waals surface area contributed by atoms with Crippen LogP contribution in [0.5, 0.6) is 0 Å². The van der Waals surface area contributed by atoms with E-state index in [1.54, 1.807) is 19.1 Å². The molecule has 2 aliphatic rings. The van der Waals surface area contributed by atoms with Gasteiger partial charge in [-0.15, -0.1) is 0 Å². The van der Waals surface area contributed by atoms with Gasteiger partial charge in [-0.2, -0.15) is 9.71 Å². The molecule has 0 saturated heterocycles. The molecule has 0 spiro atoms. The number of aryl methyl sites for hydroxylation is 1. The maximum atomic E-state index is 13.4. The number of rotatable bonds is 10. The zero-order chi connectivity index (χ0) is 31.5. The molecule has 1 aromatic carbocycles. The highest BCUT2D eigenvalue weighted by Gasteiger charge is 2.40. The van der Waals surface area contributed by atoms with E-state index in [2.05, 4.69) is 4.98 Å². The summed E-state index contributed by atoms with van der Waals surface area (Å²) in [5, 5.41) is 13.4. The van der Waals surface area contributed by atoms with Gasteiger partial charge in [0.05, 0.1) is 6.54 Å². The Labute approximate surface area is 239 Å². The second kappa shape index (κ2) is 12.8. The first-order valence-corrected chi connectivity index (χ1v) is 13.0. The molecule has 0 bridgehead atoms. The third kappa shape index (κ3) is 7.08. The van der Waals surface area contributed by atoms with E-state index in [0.717, 1.165) is 38.8 Å². The molecule has 0 fully saturated rings. The first-order chi connectivity index (χ1) is 19.6. The summed E-state index contributed by atoms with van der Waals surface area (Å²) in [6.45, 7) is 8.99. The molecule has 42 heavy (non-hydrogen) atoms. The summed E-state index contributed by atoms with van der Waals surface area (Å²) in [5.74, 6) is -3.57. The fraction of sp³-hybridized carbons (Fsp3) is 0.481. The Morgan fingerprint density at radius 3 is 2.10 bits per heavy atom. The number of nitrogens with zero attached hydrogens (tertiary/aromatic N) is 3. The lowest BCUT2D eigenvalue weighted by Gasteiger charge is -2.32. The molecule has 1 aromatic rings. The van der Waals surface area contributed by atoms with E-state index in [1.165, 1.54) is 4.57 Å². The SMILES string of the molecule is CC(=O)OC[C@@H](OC(C)=O)[C@@H](OC(C)=O)[C@H](Cn1c2nc(=O)[nH]c(=O)c-2[n+]([O-])c2cc(C)c(C(C)C)cc21)OC(C)=O. The highest BCUT2D eigenvalue weighted by atomic mass is 16.6. The molecule has 0 aliphatic carbocycles. The minimum atomic E-state index is -1.55. The normalized spacial score (nSPS) is 13.4. The minimum Gasteiger partial charge on any atom is -0.618 e. The van der Waals surface area contributed by atoms with Gasteiger partial charge >= 0.3 is 40.8 Å². The molecule has 3 rings (SSSR count). The lowest BCUT2D eigenvalue weighted by atomic mass is 9.97. The van der Waals surface area contributed by atoms with Crippen molar-refractivity contribution in [2.24, 2.45) is 0 Å². The number of hydrogen-bond acceptors (Lipinski definition) is 12. The smallest absolute Gasteiger partial charge is 0.350 e. The molecular weight excluding hydrogens is 556 g/mol. The van der Waals surface area contributed by atoms with Gasteiger partial charge in [0.15, 0.2) is 18.3 Å². The van der Waals surface area contributed by atoms with E-state index in [9.17, 15) is 34.0 Å². The Balaban J connectivity index is 2.37. The van der Waals surface area contributed by atoms with Crippen molar-refractivity contribution in [3.05, 3.63) is 49.3 Å². The van der Waals surface area contributed by atoms with Crippen molar-refractivity contribution in [3.8, 4) is 11.5 Å². The third-order valence-electron chi connectivity index (χ3n) is 6.29. The molecule has 226 valence electrons. The van der Waals surface area contributed by atoms with Gasteiger partial charge in [-0.1, -0.05) is 13.8 Å². The Kier molecular flexibility index (Phi) is 9.65. The largest absolute Gasteiger partial charge is 0.618 e. The molecule has 1 N–H and O–H groups in total. The maximum absolute atomic E-state index is 13.4. The number of hydrogen-bond donors (Lipinski definition) is 1. The monoisotopic (exact) mass is 588 g/mol. The number of benzene rings is 1. The van der Waals surface area contributed by atoms with Gasteiger partial charge in [-0.05, 0) is 30.0 Å². The topological polar surface area (TPSA) is 200 Å². The molecule has 0 radical (unpaired) electrons. The van der Waals surface area contributed by atoms with E-state index in [4.69, 9.17) is 18.9 Å². The van der Waals surface area contributed by atoms with Crippen LogP contribution in [0.15, 0.2) is 21.7 Å². The van der Waals surface area contributed by atoms with E-state index in [0.29, 0.717) is 4.73 Å². The van der Waals surface area contributed by atoms with E-state index in [-0.39, 0.29) is 22.8 Å². The fourth-order valence-electron chi connectivity index (χ4n) is 4.72. The maximum Gasteiger partial charge on any atom is 0.350 e. The zero-order valence-electron chi connectivity index (χ0n) is 24.2. The Hall–Kier alpha value is -4.82. The van der Waals surface area contributed by atoms with Crippen molar-refractivity contribution >= 4 is 34.9 Å². The van der Waals surface area contributed by atoms with Gasteiger partial charge in [0.1, 0.15) is 12.1 Å². The van der Waals surface area contributed by atoms with Crippen LogP contribution in [-0.2, 0) is 44.7 Å². The van der Waals surface area contributed by atoms with Gasteiger partial charge < -0.3 is 28.7 Å². The van der Waals surface area contributed by atoms with Crippen molar-refractivity contribution in [2.45, 2.75) is 79.2 Å². The standard InChI is InChI=1S/C27H32N4O11/c1-12(2)18-9-19-20(8-13(18)3)31(38)23-25(28-27(37)29-26(23)36)30(19)10-21(40-15(5)33)24(42-17(7)35)22(41-16(6)34)11-39-14(4)32/h8-9,12,21-22,24H,10-11H2,1-7H3,(H,29,36,37)/t21-,22+,24-/m0/s1. The Morgan fingerprint density at radius 1 is 0.952 bits per heavy atom. The summed E-state index contributed by atoms with van der Waals surface area (Å²) >= 11 is 0. The molecule has 2 heterocycles. The fourth-order valence-corrected chi connectivity index (χ4v) is 4.72. The lowest BCUT2D eigenvalue weighted by molar-refractivity contribution is -0.566. The van der Waals surface area contributed by atoms with Gasteiger partial charge in [0, 0.05) is 33.8 Å². The van der Waals surface area contributed by atoms with Crippen LogP contribution in [0.25, 0.3) is 22.6 Å². The van der Waals surface area contributed by atoms with Crippen molar-refractivity contribution in [1.29, 1.82) is 0 Å². The molecule has 0 amide bonds. The van der Waals surface area contributed by atoms with Crippen LogP contribution < -0.4 is 16.0 Å². The molecule has 15 heteroatoms. The minimum absolute atomic E-state index is 0.00371. The second-order valence-corrected chi connectivity index (χ2v) is 9.97. The van der Waals surface area contributed by atoms with Crippen LogP contribution in [0.2, 0.25) is 0 Å². The van der Waals surface area contributed by atoms with Crippen LogP contribution in [0, 0.1) is 12.1 Å². The van der Waals surface area contributed by atoms with Gasteiger partial charge in [-0.25, -0.2) is 4.79 Å². The average molecular weight is 589 g/mol. The third-order valence-corrected chi connectivity index (χ3v) is 6.29. The average Bonchev–Trinajstić information content (AvgIpc) is 2.85. The number of H-pyrrole nitrogens is 1. The van der Waals surface area contributed by atoms with Gasteiger partial charge in [-0.3, -0.25) is 29.0 Å². The van der Waals surface area contributed by atoms with Crippen LogP contribution in [0.4, 0.5) is 0 Å². The zero-order valence-corrected chi connectivity index (χ0v) is 24.2. The summed E-state index contributed by atoms with van der Waals surface area (Å²) in [6, 6.07) is 3.26.